The van der Waals surface area contributed by atoms with Crippen molar-refractivity contribution in [2.75, 3.05) is 19.5 Å². The molecule has 0 fully saturated rings. The van der Waals surface area contributed by atoms with Crippen molar-refractivity contribution in [3.63, 3.8) is 0 Å². The maximum Gasteiger partial charge on any atom is 0.319 e. The van der Waals surface area contributed by atoms with Crippen molar-refractivity contribution in [3.8, 4) is 11.5 Å². The van der Waals surface area contributed by atoms with Gasteiger partial charge in [0.05, 0.1) is 36.4 Å². The molecular formula is C20H19ClN4O6. The molecule has 31 heavy (non-hydrogen) atoms. The number of rotatable bonds is 6. The number of nitro groups is 1. The zero-order valence-electron chi connectivity index (χ0n) is 16.8. The number of nitro benzene ring substituents is 1. The van der Waals surface area contributed by atoms with E-state index in [1.54, 1.807) is 25.1 Å². The quantitative estimate of drug-likeness (QED) is 0.459. The number of hydrogen-bond acceptors (Lipinski definition) is 6. The SMILES string of the molecule is COc1ccc(NC(=O)C2=C(C)NC(=O)N[C@H]2c2ccc(Cl)c([N+](=O)[O-])c2)c(OC)c1. The molecule has 10 nitrogen and oxygen atoms in total. The Morgan fingerprint density at radius 2 is 1.94 bits per heavy atom. The molecule has 11 heteroatoms. The number of carbonyl (C=O) groups is 2. The number of nitrogens with zero attached hydrogens (tertiary/aromatic N) is 1. The topological polar surface area (TPSA) is 132 Å². The highest BCUT2D eigenvalue weighted by Gasteiger charge is 2.32. The van der Waals surface area contributed by atoms with Crippen molar-refractivity contribution in [1.29, 1.82) is 0 Å². The number of urea groups is 1. The van der Waals surface area contributed by atoms with Crippen LogP contribution in [-0.4, -0.2) is 31.1 Å². The first-order valence-corrected chi connectivity index (χ1v) is 9.38. The minimum atomic E-state index is -0.936. The average molecular weight is 447 g/mol. The first-order valence-electron chi connectivity index (χ1n) is 9.00. The highest BCUT2D eigenvalue weighted by molar-refractivity contribution is 6.32. The Hall–Kier alpha value is -3.79. The molecule has 1 aliphatic rings. The summed E-state index contributed by atoms with van der Waals surface area (Å²) >= 11 is 5.90. The van der Waals surface area contributed by atoms with E-state index in [2.05, 4.69) is 16.0 Å². The Kier molecular flexibility index (Phi) is 6.30. The number of allylic oxidation sites excluding steroid dienone is 1. The second-order valence-corrected chi connectivity index (χ2v) is 6.97. The van der Waals surface area contributed by atoms with Gasteiger partial charge in [0, 0.05) is 17.8 Å². The van der Waals surface area contributed by atoms with Crippen molar-refractivity contribution in [2.24, 2.45) is 0 Å². The van der Waals surface area contributed by atoms with Crippen LogP contribution in [-0.2, 0) is 4.79 Å². The number of amides is 3. The molecule has 1 atom stereocenters. The van der Waals surface area contributed by atoms with E-state index in [1.165, 1.54) is 32.4 Å². The fraction of sp³-hybridized carbons (Fsp3) is 0.200. The number of halogens is 1. The second kappa shape index (κ2) is 8.92. The lowest BCUT2D eigenvalue weighted by molar-refractivity contribution is -0.384. The van der Waals surface area contributed by atoms with Crippen LogP contribution in [0.15, 0.2) is 47.7 Å². The van der Waals surface area contributed by atoms with E-state index in [0.29, 0.717) is 28.4 Å². The summed E-state index contributed by atoms with van der Waals surface area (Å²) in [5, 5.41) is 19.1. The van der Waals surface area contributed by atoms with E-state index in [0.717, 1.165) is 0 Å². The maximum absolute atomic E-state index is 13.2. The fourth-order valence-electron chi connectivity index (χ4n) is 3.19. The lowest BCUT2D eigenvalue weighted by Crippen LogP contribution is -2.46. The van der Waals surface area contributed by atoms with E-state index < -0.39 is 22.9 Å². The van der Waals surface area contributed by atoms with Gasteiger partial charge in [-0.3, -0.25) is 14.9 Å². The molecule has 1 aliphatic heterocycles. The van der Waals surface area contributed by atoms with E-state index in [4.69, 9.17) is 21.1 Å². The van der Waals surface area contributed by atoms with E-state index >= 15 is 0 Å². The monoisotopic (exact) mass is 446 g/mol. The largest absolute Gasteiger partial charge is 0.497 e. The molecule has 3 N–H and O–H groups in total. The number of carbonyl (C=O) groups excluding carboxylic acids is 2. The van der Waals surface area contributed by atoms with Crippen molar-refractivity contribution >= 4 is 34.9 Å². The third-order valence-corrected chi connectivity index (χ3v) is 4.99. The van der Waals surface area contributed by atoms with Crippen LogP contribution in [0.2, 0.25) is 5.02 Å². The van der Waals surface area contributed by atoms with Gasteiger partial charge in [-0.25, -0.2) is 4.79 Å². The number of methoxy groups -OCH3 is 2. The van der Waals surface area contributed by atoms with Crippen LogP contribution >= 0.6 is 11.6 Å². The van der Waals surface area contributed by atoms with Gasteiger partial charge in [0.15, 0.2) is 0 Å². The summed E-state index contributed by atoms with van der Waals surface area (Å²) in [7, 11) is 2.96. The molecule has 0 saturated heterocycles. The van der Waals surface area contributed by atoms with Gasteiger partial charge < -0.3 is 25.4 Å². The van der Waals surface area contributed by atoms with Gasteiger partial charge in [-0.2, -0.15) is 0 Å². The summed E-state index contributed by atoms with van der Waals surface area (Å²) < 4.78 is 10.5. The summed E-state index contributed by atoms with van der Waals surface area (Å²) in [6.07, 6.45) is 0. The highest BCUT2D eigenvalue weighted by atomic mass is 35.5. The van der Waals surface area contributed by atoms with Crippen LogP contribution in [0.25, 0.3) is 0 Å². The Morgan fingerprint density at radius 1 is 1.19 bits per heavy atom. The average Bonchev–Trinajstić information content (AvgIpc) is 2.73. The molecule has 162 valence electrons. The molecule has 0 radical (unpaired) electrons. The Bertz CT molecular complexity index is 1100. The third kappa shape index (κ3) is 4.53. The van der Waals surface area contributed by atoms with E-state index in [1.807, 2.05) is 0 Å². The highest BCUT2D eigenvalue weighted by Crippen LogP contribution is 2.34. The van der Waals surface area contributed by atoms with Gasteiger partial charge in [0.2, 0.25) is 0 Å². The molecule has 0 aromatic heterocycles. The molecule has 2 aromatic rings. The Labute approximate surface area is 182 Å². The summed E-state index contributed by atoms with van der Waals surface area (Å²) in [4.78, 5) is 35.9. The zero-order chi connectivity index (χ0) is 22.7. The van der Waals surface area contributed by atoms with Gasteiger partial charge in [-0.1, -0.05) is 17.7 Å². The Balaban J connectivity index is 2.00. The zero-order valence-corrected chi connectivity index (χ0v) is 17.6. The standard InChI is InChI=1S/C20H19ClN4O6/c1-10-17(19(26)23-14-7-5-12(30-2)9-16(14)31-3)18(24-20(27)22-10)11-4-6-13(21)15(8-11)25(28)29/h4-9,18H,1-3H3,(H,23,26)(H2,22,24,27)/t18-/m0/s1. The molecule has 1 heterocycles. The Morgan fingerprint density at radius 3 is 2.58 bits per heavy atom. The van der Waals surface area contributed by atoms with Crippen LogP contribution in [0, 0.1) is 10.1 Å². The van der Waals surface area contributed by atoms with Crippen molar-refractivity contribution in [1.82, 2.24) is 10.6 Å². The second-order valence-electron chi connectivity index (χ2n) is 6.56. The molecule has 0 aliphatic carbocycles. The maximum atomic E-state index is 13.2. The predicted molar refractivity (Wildman–Crippen MR) is 113 cm³/mol. The first kappa shape index (κ1) is 21.9. The molecular weight excluding hydrogens is 428 g/mol. The third-order valence-electron chi connectivity index (χ3n) is 4.67. The van der Waals surface area contributed by atoms with Gasteiger partial charge in [0.25, 0.3) is 11.6 Å². The first-order chi connectivity index (χ1) is 14.7. The molecule has 3 amide bonds. The number of nitrogens with one attached hydrogen (secondary N) is 3. The van der Waals surface area contributed by atoms with Crippen LogP contribution in [0.1, 0.15) is 18.5 Å². The number of ether oxygens (including phenoxy) is 2. The molecule has 0 unspecified atom stereocenters. The molecule has 2 aromatic carbocycles. The van der Waals surface area contributed by atoms with Crippen molar-refractivity contribution in [2.45, 2.75) is 13.0 Å². The van der Waals surface area contributed by atoms with Crippen LogP contribution in [0.5, 0.6) is 11.5 Å². The van der Waals surface area contributed by atoms with Crippen LogP contribution in [0.3, 0.4) is 0 Å². The van der Waals surface area contributed by atoms with Gasteiger partial charge in [0.1, 0.15) is 16.5 Å². The van der Waals surface area contributed by atoms with Crippen LogP contribution < -0.4 is 25.4 Å². The lowest BCUT2D eigenvalue weighted by atomic mass is 9.94. The summed E-state index contributed by atoms with van der Waals surface area (Å²) in [5.74, 6) is 0.386. The number of hydrogen-bond donors (Lipinski definition) is 3. The van der Waals surface area contributed by atoms with Gasteiger partial charge >= 0.3 is 6.03 Å². The normalized spacial score (nSPS) is 15.6. The van der Waals surface area contributed by atoms with E-state index in [9.17, 15) is 19.7 Å². The predicted octanol–water partition coefficient (Wildman–Crippen LogP) is 3.53. The van der Waals surface area contributed by atoms with Crippen molar-refractivity contribution in [3.05, 3.63) is 68.4 Å². The molecule has 3 rings (SSSR count). The molecule has 0 bridgehead atoms. The minimum Gasteiger partial charge on any atom is -0.497 e. The molecule has 0 saturated carbocycles. The van der Waals surface area contributed by atoms with Crippen LogP contribution in [0.4, 0.5) is 16.2 Å². The summed E-state index contributed by atoms with van der Waals surface area (Å²) in [6.45, 7) is 1.57. The summed E-state index contributed by atoms with van der Waals surface area (Å²) in [6, 6.07) is 7.49. The van der Waals surface area contributed by atoms with E-state index in [-0.39, 0.29) is 16.3 Å². The number of benzene rings is 2. The minimum absolute atomic E-state index is 0.0521. The lowest BCUT2D eigenvalue weighted by Gasteiger charge is -2.28. The van der Waals surface area contributed by atoms with Gasteiger partial charge in [-0.15, -0.1) is 0 Å². The van der Waals surface area contributed by atoms with Crippen molar-refractivity contribution < 1.29 is 24.0 Å². The summed E-state index contributed by atoms with van der Waals surface area (Å²) in [5.41, 5.74) is 0.857. The van der Waals surface area contributed by atoms with Gasteiger partial charge in [-0.05, 0) is 30.7 Å². The number of anilines is 1. The smallest absolute Gasteiger partial charge is 0.319 e. The fourth-order valence-corrected chi connectivity index (χ4v) is 3.37. The molecule has 0 spiro atoms.